The normalized spacial score (nSPS) is 19.8. The summed E-state index contributed by atoms with van der Waals surface area (Å²) in [4.78, 5) is 4.70. The molecule has 4 rings (SSSR count). The Bertz CT molecular complexity index is 922. The summed E-state index contributed by atoms with van der Waals surface area (Å²) < 4.78 is 6.18. The van der Waals surface area contributed by atoms with E-state index in [1.54, 1.807) is 0 Å². The van der Waals surface area contributed by atoms with Crippen LogP contribution in [-0.2, 0) is 4.74 Å². The van der Waals surface area contributed by atoms with E-state index in [0.717, 1.165) is 16.7 Å². The molecule has 0 saturated heterocycles. The van der Waals surface area contributed by atoms with Gasteiger partial charge in [0.2, 0.25) is 5.90 Å². The van der Waals surface area contributed by atoms with Gasteiger partial charge in [-0.25, -0.2) is 4.99 Å². The van der Waals surface area contributed by atoms with E-state index in [9.17, 15) is 0 Å². The summed E-state index contributed by atoms with van der Waals surface area (Å²) in [5.41, 5.74) is 3.13. The predicted octanol–water partition coefficient (Wildman–Crippen LogP) is 5.09. The number of benzene rings is 3. The van der Waals surface area contributed by atoms with Crippen LogP contribution in [0, 0.1) is 0 Å². The SMILES string of the molecule is C=C(c1cccc2ccccc12)[C@@H]1OC(c2ccccc2)=N[C@H]1C. The second-order valence-electron chi connectivity index (χ2n) is 6.13. The van der Waals surface area contributed by atoms with Crippen LogP contribution in [0.15, 0.2) is 84.4 Å². The van der Waals surface area contributed by atoms with Crippen LogP contribution in [0.1, 0.15) is 18.1 Å². The molecule has 1 aliphatic heterocycles. The van der Waals surface area contributed by atoms with Gasteiger partial charge >= 0.3 is 0 Å². The Morgan fingerprint density at radius 1 is 0.917 bits per heavy atom. The minimum absolute atomic E-state index is 0.0478. The second kappa shape index (κ2) is 5.97. The van der Waals surface area contributed by atoms with Gasteiger partial charge in [-0.15, -0.1) is 0 Å². The molecule has 0 fully saturated rings. The van der Waals surface area contributed by atoms with Gasteiger partial charge in [-0.05, 0) is 41.0 Å². The fourth-order valence-corrected chi connectivity index (χ4v) is 3.25. The molecule has 1 heterocycles. The van der Waals surface area contributed by atoms with Gasteiger partial charge in [0.05, 0.1) is 6.04 Å². The Morgan fingerprint density at radius 3 is 2.46 bits per heavy atom. The topological polar surface area (TPSA) is 21.6 Å². The van der Waals surface area contributed by atoms with E-state index >= 15 is 0 Å². The van der Waals surface area contributed by atoms with Crippen molar-refractivity contribution >= 4 is 22.2 Å². The molecule has 2 heteroatoms. The largest absolute Gasteiger partial charge is 0.467 e. The smallest absolute Gasteiger partial charge is 0.217 e. The zero-order valence-electron chi connectivity index (χ0n) is 13.6. The molecular weight excluding hydrogens is 294 g/mol. The fraction of sp³-hybridized carbons (Fsp3) is 0.136. The second-order valence-corrected chi connectivity index (χ2v) is 6.13. The van der Waals surface area contributed by atoms with E-state index in [1.165, 1.54) is 10.8 Å². The van der Waals surface area contributed by atoms with Gasteiger partial charge in [0.15, 0.2) is 0 Å². The van der Waals surface area contributed by atoms with Crippen LogP contribution < -0.4 is 0 Å². The standard InChI is InChI=1S/C22H19NO/c1-15(19-14-8-12-17-9-6-7-13-20(17)19)21-16(2)23-22(24-21)18-10-4-3-5-11-18/h3-14,16,21H,1H2,2H3/t16-,21-/m0/s1. The monoisotopic (exact) mass is 313 g/mol. The summed E-state index contributed by atoms with van der Waals surface area (Å²) in [6.07, 6.45) is -0.133. The lowest BCUT2D eigenvalue weighted by Crippen LogP contribution is -2.21. The highest BCUT2D eigenvalue weighted by Crippen LogP contribution is 2.32. The zero-order valence-corrected chi connectivity index (χ0v) is 13.6. The van der Waals surface area contributed by atoms with Gasteiger partial charge < -0.3 is 4.74 Å². The van der Waals surface area contributed by atoms with Gasteiger partial charge in [-0.1, -0.05) is 67.2 Å². The Labute approximate surface area is 142 Å². The van der Waals surface area contributed by atoms with E-state index in [0.29, 0.717) is 5.90 Å². The zero-order chi connectivity index (χ0) is 16.5. The lowest BCUT2D eigenvalue weighted by Gasteiger charge is -2.19. The molecule has 3 aromatic rings. The first-order valence-electron chi connectivity index (χ1n) is 8.21. The van der Waals surface area contributed by atoms with Crippen molar-refractivity contribution in [3.05, 3.63) is 90.5 Å². The number of nitrogens with zero attached hydrogens (tertiary/aromatic N) is 1. The van der Waals surface area contributed by atoms with Crippen molar-refractivity contribution < 1.29 is 4.74 Å². The average molecular weight is 313 g/mol. The predicted molar refractivity (Wildman–Crippen MR) is 100 cm³/mol. The Morgan fingerprint density at radius 2 is 1.62 bits per heavy atom. The number of rotatable bonds is 3. The first kappa shape index (κ1) is 14.7. The van der Waals surface area contributed by atoms with Crippen LogP contribution in [-0.4, -0.2) is 18.0 Å². The fourth-order valence-electron chi connectivity index (χ4n) is 3.25. The number of hydrogen-bond donors (Lipinski definition) is 0. The number of hydrogen-bond acceptors (Lipinski definition) is 2. The Kier molecular flexibility index (Phi) is 3.66. The van der Waals surface area contributed by atoms with Crippen LogP contribution in [0.2, 0.25) is 0 Å². The number of fused-ring (bicyclic) bond motifs is 1. The van der Waals surface area contributed by atoms with Gasteiger partial charge in [0.25, 0.3) is 0 Å². The highest BCUT2D eigenvalue weighted by molar-refractivity contribution is 5.98. The van der Waals surface area contributed by atoms with Crippen molar-refractivity contribution in [2.24, 2.45) is 4.99 Å². The molecule has 0 bridgehead atoms. The third kappa shape index (κ3) is 2.50. The molecule has 0 N–H and O–H groups in total. The lowest BCUT2D eigenvalue weighted by molar-refractivity contribution is 0.258. The van der Waals surface area contributed by atoms with Crippen molar-refractivity contribution in [1.82, 2.24) is 0 Å². The quantitative estimate of drug-likeness (QED) is 0.660. The summed E-state index contributed by atoms with van der Waals surface area (Å²) in [5.74, 6) is 0.703. The highest BCUT2D eigenvalue weighted by Gasteiger charge is 2.31. The van der Waals surface area contributed by atoms with E-state index in [2.05, 4.69) is 56.0 Å². The van der Waals surface area contributed by atoms with E-state index in [-0.39, 0.29) is 12.1 Å². The van der Waals surface area contributed by atoms with E-state index in [4.69, 9.17) is 9.73 Å². The molecule has 3 aromatic carbocycles. The Hall–Kier alpha value is -2.87. The van der Waals surface area contributed by atoms with Crippen molar-refractivity contribution in [2.45, 2.75) is 19.1 Å². The maximum atomic E-state index is 6.18. The summed E-state index contributed by atoms with van der Waals surface area (Å²) in [5, 5.41) is 2.42. The molecule has 0 radical (unpaired) electrons. The molecule has 2 atom stereocenters. The summed E-state index contributed by atoms with van der Waals surface area (Å²) in [6, 6.07) is 24.8. The maximum absolute atomic E-state index is 6.18. The minimum atomic E-state index is -0.133. The molecule has 0 aromatic heterocycles. The van der Waals surface area contributed by atoms with Crippen LogP contribution in [0.5, 0.6) is 0 Å². The van der Waals surface area contributed by atoms with Crippen molar-refractivity contribution in [3.63, 3.8) is 0 Å². The molecule has 118 valence electrons. The molecule has 24 heavy (non-hydrogen) atoms. The van der Waals surface area contributed by atoms with Crippen LogP contribution in [0.3, 0.4) is 0 Å². The van der Waals surface area contributed by atoms with Gasteiger partial charge in [0.1, 0.15) is 6.10 Å². The summed E-state index contributed by atoms with van der Waals surface area (Å²) in [6.45, 7) is 6.42. The van der Waals surface area contributed by atoms with Gasteiger partial charge in [-0.2, -0.15) is 0 Å². The molecule has 0 amide bonds. The number of ether oxygens (including phenoxy) is 1. The van der Waals surface area contributed by atoms with Gasteiger partial charge in [-0.3, -0.25) is 0 Å². The number of aliphatic imine (C=N–C) groups is 1. The first-order chi connectivity index (χ1) is 11.7. The highest BCUT2D eigenvalue weighted by atomic mass is 16.5. The molecule has 2 nitrogen and oxygen atoms in total. The molecular formula is C22H19NO. The van der Waals surface area contributed by atoms with E-state index in [1.807, 2.05) is 30.3 Å². The summed E-state index contributed by atoms with van der Waals surface area (Å²) in [7, 11) is 0. The van der Waals surface area contributed by atoms with Gasteiger partial charge in [0, 0.05) is 5.56 Å². The van der Waals surface area contributed by atoms with Crippen molar-refractivity contribution in [3.8, 4) is 0 Å². The first-order valence-corrected chi connectivity index (χ1v) is 8.21. The maximum Gasteiger partial charge on any atom is 0.217 e. The van der Waals surface area contributed by atoms with Crippen molar-refractivity contribution in [1.29, 1.82) is 0 Å². The average Bonchev–Trinajstić information content (AvgIpc) is 3.03. The molecule has 0 spiro atoms. The summed E-state index contributed by atoms with van der Waals surface area (Å²) >= 11 is 0. The third-order valence-corrected chi connectivity index (χ3v) is 4.50. The van der Waals surface area contributed by atoms with Crippen LogP contribution in [0.4, 0.5) is 0 Å². The third-order valence-electron chi connectivity index (χ3n) is 4.50. The minimum Gasteiger partial charge on any atom is -0.467 e. The molecule has 0 unspecified atom stereocenters. The lowest BCUT2D eigenvalue weighted by atomic mass is 9.93. The van der Waals surface area contributed by atoms with Crippen molar-refractivity contribution in [2.75, 3.05) is 0 Å². The van der Waals surface area contributed by atoms with Crippen LogP contribution >= 0.6 is 0 Å². The molecule has 0 saturated carbocycles. The Balaban J connectivity index is 1.66. The van der Waals surface area contributed by atoms with E-state index < -0.39 is 0 Å². The molecule has 0 aliphatic carbocycles. The van der Waals surface area contributed by atoms with Crippen LogP contribution in [0.25, 0.3) is 16.3 Å². The molecule has 1 aliphatic rings.